The van der Waals surface area contributed by atoms with E-state index >= 15 is 0 Å². The second-order valence-electron chi connectivity index (χ2n) is 6.51. The lowest BCUT2D eigenvalue weighted by atomic mass is 10.2. The van der Waals surface area contributed by atoms with Gasteiger partial charge >= 0.3 is 0 Å². The lowest BCUT2D eigenvalue weighted by molar-refractivity contribution is -0.903. The van der Waals surface area contributed by atoms with E-state index in [4.69, 9.17) is 4.74 Å². The molecule has 0 aliphatic carbocycles. The Morgan fingerprint density at radius 2 is 1.71 bits per heavy atom. The first-order chi connectivity index (χ1) is 11.7. The number of ether oxygens (including phenoxy) is 1. The van der Waals surface area contributed by atoms with Crippen LogP contribution in [-0.2, 0) is 0 Å². The zero-order valence-electron chi connectivity index (χ0n) is 14.3. The first kappa shape index (κ1) is 16.8. The highest BCUT2D eigenvalue weighted by molar-refractivity contribution is 5.46. The molecule has 128 valence electrons. The second-order valence-corrected chi connectivity index (χ2v) is 6.51. The van der Waals surface area contributed by atoms with E-state index in [1.54, 1.807) is 0 Å². The zero-order chi connectivity index (χ0) is 16.8. The smallest absolute Gasteiger partial charge is 0.137 e. The van der Waals surface area contributed by atoms with E-state index in [0.29, 0.717) is 6.61 Å². The molecule has 0 spiro atoms. The number of quaternary nitrogens is 1. The summed E-state index contributed by atoms with van der Waals surface area (Å²) in [5, 5.41) is 10.3. The SMILES string of the molecule is Cc1ccccc1OC[C@@H](O)C[NH+]1CCN(c2ccccc2)CC1. The predicted octanol–water partition coefficient (Wildman–Crippen LogP) is 1.14. The molecule has 0 amide bonds. The first-order valence-electron chi connectivity index (χ1n) is 8.72. The van der Waals surface area contributed by atoms with Crippen molar-refractivity contribution >= 4 is 5.69 Å². The van der Waals surface area contributed by atoms with Gasteiger partial charge in [0.2, 0.25) is 0 Å². The summed E-state index contributed by atoms with van der Waals surface area (Å²) in [4.78, 5) is 3.86. The van der Waals surface area contributed by atoms with Crippen molar-refractivity contribution in [2.24, 2.45) is 0 Å². The number of piperazine rings is 1. The van der Waals surface area contributed by atoms with E-state index in [1.807, 2.05) is 31.2 Å². The van der Waals surface area contributed by atoms with Crippen LogP contribution in [0.5, 0.6) is 5.75 Å². The van der Waals surface area contributed by atoms with Gasteiger partial charge in [0.25, 0.3) is 0 Å². The summed E-state index contributed by atoms with van der Waals surface area (Å²) in [5.41, 5.74) is 2.40. The lowest BCUT2D eigenvalue weighted by Gasteiger charge is -2.34. The van der Waals surface area contributed by atoms with Crippen molar-refractivity contribution in [3.63, 3.8) is 0 Å². The number of anilines is 1. The van der Waals surface area contributed by atoms with E-state index in [1.165, 1.54) is 10.6 Å². The number of para-hydroxylation sites is 2. The first-order valence-corrected chi connectivity index (χ1v) is 8.72. The minimum absolute atomic E-state index is 0.358. The second kappa shape index (κ2) is 8.18. The van der Waals surface area contributed by atoms with E-state index in [-0.39, 0.29) is 0 Å². The molecule has 1 heterocycles. The third-order valence-electron chi connectivity index (χ3n) is 4.64. The van der Waals surface area contributed by atoms with E-state index < -0.39 is 6.10 Å². The quantitative estimate of drug-likeness (QED) is 0.835. The summed E-state index contributed by atoms with van der Waals surface area (Å²) in [6.45, 7) is 7.29. The maximum atomic E-state index is 10.3. The van der Waals surface area contributed by atoms with Crippen molar-refractivity contribution in [3.05, 3.63) is 60.2 Å². The van der Waals surface area contributed by atoms with Gasteiger partial charge in [-0.3, -0.25) is 0 Å². The molecule has 4 heteroatoms. The fraction of sp³-hybridized carbons (Fsp3) is 0.400. The summed E-state index contributed by atoms with van der Waals surface area (Å²) >= 11 is 0. The van der Waals surface area contributed by atoms with Crippen LogP contribution >= 0.6 is 0 Å². The number of hydrogen-bond donors (Lipinski definition) is 2. The van der Waals surface area contributed by atoms with Gasteiger partial charge in [-0.25, -0.2) is 0 Å². The molecule has 1 atom stereocenters. The maximum Gasteiger partial charge on any atom is 0.137 e. The molecule has 0 unspecified atom stereocenters. The number of hydrogen-bond acceptors (Lipinski definition) is 3. The largest absolute Gasteiger partial charge is 0.490 e. The van der Waals surface area contributed by atoms with Gasteiger partial charge in [-0.2, -0.15) is 0 Å². The summed E-state index contributed by atoms with van der Waals surface area (Å²) in [5.74, 6) is 0.862. The molecule has 0 saturated carbocycles. The maximum absolute atomic E-state index is 10.3. The fourth-order valence-electron chi connectivity index (χ4n) is 3.22. The molecule has 1 aliphatic rings. The topological polar surface area (TPSA) is 37.1 Å². The van der Waals surface area contributed by atoms with Crippen LogP contribution < -0.4 is 14.5 Å². The number of aryl methyl sites for hydroxylation is 1. The van der Waals surface area contributed by atoms with Gasteiger partial charge in [0, 0.05) is 5.69 Å². The molecule has 0 radical (unpaired) electrons. The highest BCUT2D eigenvalue weighted by atomic mass is 16.5. The standard InChI is InChI=1S/C20H26N2O2/c1-17-7-5-6-10-20(17)24-16-19(23)15-21-11-13-22(14-12-21)18-8-3-2-4-9-18/h2-10,19,23H,11-16H2,1H3/p+1/t19-/m0/s1. The fourth-order valence-corrected chi connectivity index (χ4v) is 3.22. The van der Waals surface area contributed by atoms with Crippen molar-refractivity contribution in [2.75, 3.05) is 44.2 Å². The molecule has 0 aromatic heterocycles. The Balaban J connectivity index is 1.42. The molecule has 1 saturated heterocycles. The number of nitrogens with one attached hydrogen (secondary N) is 1. The summed E-state index contributed by atoms with van der Waals surface area (Å²) < 4.78 is 5.76. The monoisotopic (exact) mass is 327 g/mol. The number of benzene rings is 2. The van der Waals surface area contributed by atoms with Gasteiger partial charge in [0.1, 0.15) is 25.0 Å². The molecule has 3 rings (SSSR count). The van der Waals surface area contributed by atoms with Crippen LogP contribution in [0, 0.1) is 6.92 Å². The molecule has 24 heavy (non-hydrogen) atoms. The van der Waals surface area contributed by atoms with Crippen LogP contribution in [0.15, 0.2) is 54.6 Å². The van der Waals surface area contributed by atoms with Crippen molar-refractivity contribution in [1.29, 1.82) is 0 Å². The third kappa shape index (κ3) is 4.49. The van der Waals surface area contributed by atoms with Gasteiger partial charge in [0.15, 0.2) is 0 Å². The van der Waals surface area contributed by atoms with Gasteiger partial charge in [-0.15, -0.1) is 0 Å². The van der Waals surface area contributed by atoms with E-state index in [2.05, 4.69) is 35.2 Å². The van der Waals surface area contributed by atoms with Crippen LogP contribution in [0.4, 0.5) is 5.69 Å². The van der Waals surface area contributed by atoms with E-state index in [9.17, 15) is 5.11 Å². The van der Waals surface area contributed by atoms with Gasteiger partial charge < -0.3 is 19.6 Å². The van der Waals surface area contributed by atoms with Crippen molar-refractivity contribution in [1.82, 2.24) is 0 Å². The third-order valence-corrected chi connectivity index (χ3v) is 4.64. The average molecular weight is 327 g/mol. The molecule has 1 aliphatic heterocycles. The molecule has 0 bridgehead atoms. The Kier molecular flexibility index (Phi) is 5.72. The lowest BCUT2D eigenvalue weighted by Crippen LogP contribution is -3.16. The summed E-state index contributed by atoms with van der Waals surface area (Å²) in [6.07, 6.45) is -0.428. The van der Waals surface area contributed by atoms with Gasteiger partial charge in [-0.1, -0.05) is 36.4 Å². The summed E-state index contributed by atoms with van der Waals surface area (Å²) in [7, 11) is 0. The molecule has 4 nitrogen and oxygen atoms in total. The molecule has 2 aromatic rings. The zero-order valence-corrected chi connectivity index (χ0v) is 14.3. The van der Waals surface area contributed by atoms with E-state index in [0.717, 1.165) is 44.0 Å². The molecular formula is C20H27N2O2+. The minimum Gasteiger partial charge on any atom is -0.490 e. The molecular weight excluding hydrogens is 300 g/mol. The molecule has 2 aromatic carbocycles. The molecule has 1 fully saturated rings. The van der Waals surface area contributed by atoms with Crippen LogP contribution in [0.25, 0.3) is 0 Å². The molecule has 2 N–H and O–H groups in total. The Morgan fingerprint density at radius 3 is 2.42 bits per heavy atom. The number of aliphatic hydroxyl groups is 1. The van der Waals surface area contributed by atoms with Crippen molar-refractivity contribution < 1.29 is 14.7 Å². The highest BCUT2D eigenvalue weighted by Gasteiger charge is 2.22. The predicted molar refractivity (Wildman–Crippen MR) is 96.9 cm³/mol. The van der Waals surface area contributed by atoms with Crippen LogP contribution in [0.1, 0.15) is 5.56 Å². The number of rotatable bonds is 6. The van der Waals surface area contributed by atoms with Gasteiger partial charge in [-0.05, 0) is 30.7 Å². The number of nitrogens with zero attached hydrogens (tertiary/aromatic N) is 1. The van der Waals surface area contributed by atoms with Crippen molar-refractivity contribution in [2.45, 2.75) is 13.0 Å². The minimum atomic E-state index is -0.428. The highest BCUT2D eigenvalue weighted by Crippen LogP contribution is 2.16. The Labute approximate surface area is 144 Å². The van der Waals surface area contributed by atoms with Crippen LogP contribution in [-0.4, -0.2) is 50.5 Å². The summed E-state index contributed by atoms with van der Waals surface area (Å²) in [6, 6.07) is 18.5. The Hall–Kier alpha value is -2.04. The normalized spacial score (nSPS) is 16.8. The Bertz CT molecular complexity index is 625. The van der Waals surface area contributed by atoms with Crippen LogP contribution in [0.3, 0.4) is 0 Å². The van der Waals surface area contributed by atoms with Crippen LogP contribution in [0.2, 0.25) is 0 Å². The number of aliphatic hydroxyl groups excluding tert-OH is 1. The average Bonchev–Trinajstić information content (AvgIpc) is 2.62. The van der Waals surface area contributed by atoms with Gasteiger partial charge in [0.05, 0.1) is 26.2 Å². The van der Waals surface area contributed by atoms with Crippen molar-refractivity contribution in [3.8, 4) is 5.75 Å². The Morgan fingerprint density at radius 1 is 1.04 bits per heavy atom.